The lowest BCUT2D eigenvalue weighted by Crippen LogP contribution is -2.29. The number of benzene rings is 1. The van der Waals surface area contributed by atoms with Crippen molar-refractivity contribution < 1.29 is 9.18 Å². The normalized spacial score (nSPS) is 16.5. The van der Waals surface area contributed by atoms with Crippen molar-refractivity contribution in [3.8, 4) is 11.4 Å². The summed E-state index contributed by atoms with van der Waals surface area (Å²) >= 11 is 0. The van der Waals surface area contributed by atoms with Gasteiger partial charge in [0, 0.05) is 24.4 Å². The number of hydrogen-bond acceptors (Lipinski definition) is 4. The van der Waals surface area contributed by atoms with Crippen molar-refractivity contribution in [2.24, 2.45) is 0 Å². The predicted octanol–water partition coefficient (Wildman–Crippen LogP) is 4.89. The first-order chi connectivity index (χ1) is 15.3. The second-order valence-electron chi connectivity index (χ2n) is 9.86. The van der Waals surface area contributed by atoms with Gasteiger partial charge in [0.25, 0.3) is 5.91 Å². The summed E-state index contributed by atoms with van der Waals surface area (Å²) in [6, 6.07) is 6.56. The highest BCUT2D eigenvalue weighted by Gasteiger charge is 2.31. The minimum absolute atomic E-state index is 0.133. The van der Waals surface area contributed by atoms with Crippen molar-refractivity contribution in [2.45, 2.75) is 77.3 Å². The molecule has 3 heterocycles. The van der Waals surface area contributed by atoms with E-state index in [-0.39, 0.29) is 17.1 Å². The van der Waals surface area contributed by atoms with Gasteiger partial charge in [0.05, 0.1) is 16.9 Å². The number of nitrogens with zero attached hydrogens (tertiary/aromatic N) is 5. The zero-order valence-corrected chi connectivity index (χ0v) is 18.9. The Morgan fingerprint density at radius 3 is 2.69 bits per heavy atom. The van der Waals surface area contributed by atoms with Crippen LogP contribution in [0.1, 0.15) is 80.8 Å². The summed E-state index contributed by atoms with van der Waals surface area (Å²) in [5.74, 6) is 1.26. The number of aryl methyl sites for hydroxylation is 1. The van der Waals surface area contributed by atoms with Gasteiger partial charge in [-0.15, -0.1) is 10.2 Å². The maximum Gasteiger partial charge on any atom is 0.274 e. The lowest BCUT2D eigenvalue weighted by atomic mass is 10.1. The molecule has 32 heavy (non-hydrogen) atoms. The van der Waals surface area contributed by atoms with Gasteiger partial charge in [0.1, 0.15) is 17.3 Å². The van der Waals surface area contributed by atoms with Crippen LogP contribution in [-0.2, 0) is 18.5 Å². The first kappa shape index (κ1) is 20.8. The molecule has 0 atom stereocenters. The van der Waals surface area contributed by atoms with Crippen LogP contribution >= 0.6 is 0 Å². The first-order valence-corrected chi connectivity index (χ1v) is 11.4. The van der Waals surface area contributed by atoms with E-state index in [0.29, 0.717) is 17.4 Å². The van der Waals surface area contributed by atoms with Crippen molar-refractivity contribution in [2.75, 3.05) is 5.32 Å². The summed E-state index contributed by atoms with van der Waals surface area (Å²) in [6.45, 7) is 6.87. The number of halogens is 1. The summed E-state index contributed by atoms with van der Waals surface area (Å²) in [5.41, 5.74) is 1.89. The lowest BCUT2D eigenvalue weighted by Gasteiger charge is -2.22. The number of aromatic nitrogens is 5. The summed E-state index contributed by atoms with van der Waals surface area (Å²) in [7, 11) is 0. The average Bonchev–Trinajstić information content (AvgIpc) is 3.43. The zero-order valence-electron chi connectivity index (χ0n) is 18.9. The number of anilines is 1. The van der Waals surface area contributed by atoms with Crippen molar-refractivity contribution in [3.05, 3.63) is 47.3 Å². The van der Waals surface area contributed by atoms with Crippen LogP contribution in [0.15, 0.2) is 24.3 Å². The van der Waals surface area contributed by atoms with Crippen LogP contribution in [-0.4, -0.2) is 30.5 Å². The van der Waals surface area contributed by atoms with E-state index >= 15 is 0 Å². The van der Waals surface area contributed by atoms with Gasteiger partial charge >= 0.3 is 0 Å². The van der Waals surface area contributed by atoms with Crippen LogP contribution in [0.5, 0.6) is 0 Å². The highest BCUT2D eigenvalue weighted by molar-refractivity contribution is 6.03. The molecule has 168 valence electrons. The molecule has 1 N–H and O–H groups in total. The fraction of sp³-hybridized carbons (Fsp3) is 0.500. The second kappa shape index (κ2) is 7.83. The van der Waals surface area contributed by atoms with Crippen LogP contribution in [0.2, 0.25) is 0 Å². The van der Waals surface area contributed by atoms with Gasteiger partial charge in [-0.1, -0.05) is 6.42 Å². The zero-order chi connectivity index (χ0) is 22.5. The highest BCUT2D eigenvalue weighted by atomic mass is 19.1. The van der Waals surface area contributed by atoms with Gasteiger partial charge in [-0.05, 0) is 70.7 Å². The van der Waals surface area contributed by atoms with Crippen molar-refractivity contribution >= 4 is 11.6 Å². The molecule has 1 amide bonds. The molecule has 1 saturated carbocycles. The molecule has 2 aliphatic rings. The number of rotatable bonds is 4. The van der Waals surface area contributed by atoms with Gasteiger partial charge in [-0.2, -0.15) is 5.10 Å². The third kappa shape index (κ3) is 3.94. The standard InChI is InChI=1S/C24H29FN6O/c1-24(2,3)31-20(14-18(29-31)15-8-9-15)23(32)26-19-13-16(10-11-17(19)25)22-28-27-21-7-5-4-6-12-30(21)22/h10-11,13-15H,4-9,12H2,1-3H3,(H,26,32). The molecule has 0 unspecified atom stereocenters. The summed E-state index contributed by atoms with van der Waals surface area (Å²) < 4.78 is 18.5. The van der Waals surface area contributed by atoms with Crippen LogP contribution in [0.4, 0.5) is 10.1 Å². The Morgan fingerprint density at radius 1 is 1.12 bits per heavy atom. The summed E-state index contributed by atoms with van der Waals surface area (Å²) in [6.07, 6.45) is 6.44. The minimum Gasteiger partial charge on any atom is -0.318 e. The smallest absolute Gasteiger partial charge is 0.274 e. The van der Waals surface area contributed by atoms with E-state index in [1.807, 2.05) is 26.8 Å². The number of amides is 1. The molecule has 7 nitrogen and oxygen atoms in total. The van der Waals surface area contributed by atoms with Gasteiger partial charge in [-0.3, -0.25) is 9.48 Å². The molecule has 0 radical (unpaired) electrons. The topological polar surface area (TPSA) is 77.6 Å². The molecule has 1 aromatic carbocycles. The fourth-order valence-corrected chi connectivity index (χ4v) is 4.30. The van der Waals surface area contributed by atoms with Crippen LogP contribution in [0, 0.1) is 5.82 Å². The number of hydrogen-bond donors (Lipinski definition) is 1. The molecule has 0 saturated heterocycles. The molecule has 5 rings (SSSR count). The Labute approximate surface area is 187 Å². The summed E-state index contributed by atoms with van der Waals surface area (Å²) in [4.78, 5) is 13.2. The van der Waals surface area contributed by atoms with E-state index in [9.17, 15) is 9.18 Å². The highest BCUT2D eigenvalue weighted by Crippen LogP contribution is 2.40. The monoisotopic (exact) mass is 436 g/mol. The van der Waals surface area contributed by atoms with Gasteiger partial charge < -0.3 is 9.88 Å². The van der Waals surface area contributed by atoms with Gasteiger partial charge in [0.15, 0.2) is 5.82 Å². The van der Waals surface area contributed by atoms with Crippen LogP contribution in [0.25, 0.3) is 11.4 Å². The van der Waals surface area contributed by atoms with Crippen LogP contribution < -0.4 is 5.32 Å². The minimum atomic E-state index is -0.484. The molecule has 0 spiro atoms. The molecule has 1 aliphatic carbocycles. The third-order valence-electron chi connectivity index (χ3n) is 6.17. The Morgan fingerprint density at radius 2 is 1.94 bits per heavy atom. The number of carbonyl (C=O) groups is 1. The molecule has 0 bridgehead atoms. The lowest BCUT2D eigenvalue weighted by molar-refractivity contribution is 0.100. The predicted molar refractivity (Wildman–Crippen MR) is 120 cm³/mol. The molecule has 1 aliphatic heterocycles. The maximum absolute atomic E-state index is 14.7. The van der Waals surface area contributed by atoms with E-state index < -0.39 is 5.82 Å². The van der Waals surface area contributed by atoms with Crippen molar-refractivity contribution in [3.63, 3.8) is 0 Å². The van der Waals surface area contributed by atoms with E-state index in [1.54, 1.807) is 16.8 Å². The molecule has 8 heteroatoms. The summed E-state index contributed by atoms with van der Waals surface area (Å²) in [5, 5.41) is 16.2. The molecular formula is C24H29FN6O. The van der Waals surface area contributed by atoms with E-state index in [1.165, 1.54) is 6.07 Å². The Kier molecular flexibility index (Phi) is 5.10. The Bertz CT molecular complexity index is 1170. The largest absolute Gasteiger partial charge is 0.318 e. The van der Waals surface area contributed by atoms with Crippen molar-refractivity contribution in [1.82, 2.24) is 24.5 Å². The second-order valence-corrected chi connectivity index (χ2v) is 9.86. The van der Waals surface area contributed by atoms with E-state index in [0.717, 1.165) is 62.2 Å². The third-order valence-corrected chi connectivity index (χ3v) is 6.17. The quantitative estimate of drug-likeness (QED) is 0.632. The van der Waals surface area contributed by atoms with Gasteiger partial charge in [0.2, 0.25) is 0 Å². The number of nitrogens with one attached hydrogen (secondary N) is 1. The fourth-order valence-electron chi connectivity index (χ4n) is 4.30. The van der Waals surface area contributed by atoms with E-state index in [4.69, 9.17) is 0 Å². The average molecular weight is 437 g/mol. The van der Waals surface area contributed by atoms with Crippen molar-refractivity contribution in [1.29, 1.82) is 0 Å². The van der Waals surface area contributed by atoms with Gasteiger partial charge in [-0.25, -0.2) is 4.39 Å². The Balaban J connectivity index is 1.46. The SMILES string of the molecule is CC(C)(C)n1nc(C2CC2)cc1C(=O)Nc1cc(-c2nnc3n2CCCCC3)ccc1F. The molecular weight excluding hydrogens is 407 g/mol. The molecule has 1 fully saturated rings. The first-order valence-electron chi connectivity index (χ1n) is 11.4. The number of fused-ring (bicyclic) bond motifs is 1. The molecule has 3 aromatic rings. The van der Waals surface area contributed by atoms with Crippen LogP contribution in [0.3, 0.4) is 0 Å². The van der Waals surface area contributed by atoms with E-state index in [2.05, 4.69) is 25.2 Å². The molecule has 2 aromatic heterocycles. The Hall–Kier alpha value is -3.03. The number of carbonyl (C=O) groups excluding carboxylic acids is 1. The maximum atomic E-state index is 14.7.